The van der Waals surface area contributed by atoms with Crippen molar-refractivity contribution < 1.29 is 9.84 Å². The Morgan fingerprint density at radius 1 is 1.33 bits per heavy atom. The second-order valence-electron chi connectivity index (χ2n) is 3.96. The van der Waals surface area contributed by atoms with E-state index >= 15 is 0 Å². The van der Waals surface area contributed by atoms with Crippen LogP contribution in [-0.4, -0.2) is 17.3 Å². The lowest BCUT2D eigenvalue weighted by molar-refractivity contribution is 0.0285. The molecule has 1 aromatic carbocycles. The summed E-state index contributed by atoms with van der Waals surface area (Å²) in [6.07, 6.45) is 2.01. The Hall–Kier alpha value is -0.550. The van der Waals surface area contributed by atoms with Crippen LogP contribution in [0.1, 0.15) is 19.4 Å². The normalized spacial score (nSPS) is 12.0. The largest absolute Gasteiger partial charge is 0.491 e. The molecule has 0 amide bonds. The average Bonchev–Trinajstić information content (AvgIpc) is 2.16. The molecule has 0 aliphatic carbocycles. The van der Waals surface area contributed by atoms with Crippen molar-refractivity contribution in [1.82, 2.24) is 0 Å². The first-order chi connectivity index (χ1) is 7.01. The Morgan fingerprint density at radius 2 is 1.93 bits per heavy atom. The molecule has 0 unspecified atom stereocenters. The predicted octanol–water partition coefficient (Wildman–Crippen LogP) is 3.24. The average molecular weight is 318 g/mol. The standard InChI is InChI=1S/C12H15IO2/c1-12(2,14)9-15-11-5-3-10(4-6-11)7-8-13/h3-8,14H,9H2,1-2H3/b8-7+. The minimum absolute atomic E-state index is 0.300. The fourth-order valence-corrected chi connectivity index (χ4v) is 1.42. The van der Waals surface area contributed by atoms with E-state index in [1.807, 2.05) is 34.4 Å². The van der Waals surface area contributed by atoms with Crippen LogP contribution in [0.25, 0.3) is 6.08 Å². The van der Waals surface area contributed by atoms with Crippen LogP contribution >= 0.6 is 22.6 Å². The van der Waals surface area contributed by atoms with Gasteiger partial charge in [-0.25, -0.2) is 0 Å². The lowest BCUT2D eigenvalue weighted by atomic mass is 10.1. The van der Waals surface area contributed by atoms with Crippen LogP contribution in [0.5, 0.6) is 5.75 Å². The Balaban J connectivity index is 2.57. The zero-order chi connectivity index (χ0) is 11.3. The van der Waals surface area contributed by atoms with E-state index in [1.165, 1.54) is 0 Å². The van der Waals surface area contributed by atoms with Gasteiger partial charge >= 0.3 is 0 Å². The molecule has 3 heteroatoms. The molecule has 15 heavy (non-hydrogen) atoms. The SMILES string of the molecule is CC(C)(O)COc1ccc(/C=C/I)cc1. The second kappa shape index (κ2) is 5.51. The van der Waals surface area contributed by atoms with E-state index in [9.17, 15) is 5.11 Å². The number of rotatable bonds is 4. The summed E-state index contributed by atoms with van der Waals surface area (Å²) in [5.41, 5.74) is 0.348. The highest BCUT2D eigenvalue weighted by atomic mass is 127. The quantitative estimate of drug-likeness (QED) is 0.864. The van der Waals surface area contributed by atoms with Crippen molar-refractivity contribution in [3.8, 4) is 5.75 Å². The van der Waals surface area contributed by atoms with Crippen LogP contribution in [0.3, 0.4) is 0 Å². The van der Waals surface area contributed by atoms with Crippen molar-refractivity contribution in [2.75, 3.05) is 6.61 Å². The van der Waals surface area contributed by atoms with Crippen molar-refractivity contribution in [3.05, 3.63) is 33.9 Å². The number of aliphatic hydroxyl groups is 1. The molecule has 0 aliphatic rings. The molecule has 0 bridgehead atoms. The topological polar surface area (TPSA) is 29.5 Å². The Bertz CT molecular complexity index is 322. The summed E-state index contributed by atoms with van der Waals surface area (Å²) in [7, 11) is 0. The fraction of sp³-hybridized carbons (Fsp3) is 0.333. The molecule has 1 rings (SSSR count). The highest BCUT2D eigenvalue weighted by Crippen LogP contribution is 2.15. The Kier molecular flexibility index (Phi) is 4.60. The summed E-state index contributed by atoms with van der Waals surface area (Å²) in [6, 6.07) is 7.76. The van der Waals surface area contributed by atoms with Crippen LogP contribution < -0.4 is 4.74 Å². The first-order valence-electron chi connectivity index (χ1n) is 4.73. The van der Waals surface area contributed by atoms with E-state index in [0.29, 0.717) is 6.61 Å². The molecule has 1 N–H and O–H groups in total. The van der Waals surface area contributed by atoms with Crippen molar-refractivity contribution in [1.29, 1.82) is 0 Å². The first kappa shape index (κ1) is 12.5. The molecule has 0 fully saturated rings. The van der Waals surface area contributed by atoms with Gasteiger partial charge in [-0.05, 0) is 41.7 Å². The van der Waals surface area contributed by atoms with Gasteiger partial charge in [-0.2, -0.15) is 0 Å². The van der Waals surface area contributed by atoms with Crippen molar-refractivity contribution in [2.45, 2.75) is 19.4 Å². The van der Waals surface area contributed by atoms with Gasteiger partial charge in [0.2, 0.25) is 0 Å². The molecule has 0 aromatic heterocycles. The molecule has 0 spiro atoms. The third kappa shape index (κ3) is 5.18. The third-order valence-electron chi connectivity index (χ3n) is 1.73. The molecule has 0 aliphatic heterocycles. The molecule has 0 radical (unpaired) electrons. The summed E-state index contributed by atoms with van der Waals surface area (Å²) in [4.78, 5) is 0. The maximum atomic E-state index is 9.48. The summed E-state index contributed by atoms with van der Waals surface area (Å²) in [5.74, 6) is 0.780. The van der Waals surface area contributed by atoms with Gasteiger partial charge in [-0.15, -0.1) is 0 Å². The lowest BCUT2D eigenvalue weighted by Gasteiger charge is -2.17. The maximum Gasteiger partial charge on any atom is 0.119 e. The minimum atomic E-state index is -0.791. The van der Waals surface area contributed by atoms with E-state index in [0.717, 1.165) is 11.3 Å². The van der Waals surface area contributed by atoms with Crippen LogP contribution in [0.2, 0.25) is 0 Å². The molecule has 82 valence electrons. The van der Waals surface area contributed by atoms with Crippen molar-refractivity contribution >= 4 is 28.7 Å². The number of hydrogen-bond donors (Lipinski definition) is 1. The van der Waals surface area contributed by atoms with Gasteiger partial charge in [0.1, 0.15) is 12.4 Å². The van der Waals surface area contributed by atoms with Crippen molar-refractivity contribution in [2.24, 2.45) is 0 Å². The molecule has 0 heterocycles. The highest BCUT2D eigenvalue weighted by Gasteiger charge is 2.12. The lowest BCUT2D eigenvalue weighted by Crippen LogP contribution is -2.27. The van der Waals surface area contributed by atoms with Gasteiger partial charge in [0, 0.05) is 0 Å². The Morgan fingerprint density at radius 3 is 2.40 bits per heavy atom. The molecule has 2 nitrogen and oxygen atoms in total. The molecule has 1 aromatic rings. The van der Waals surface area contributed by atoms with Crippen LogP contribution in [0.4, 0.5) is 0 Å². The summed E-state index contributed by atoms with van der Waals surface area (Å²) >= 11 is 2.18. The number of benzene rings is 1. The van der Waals surface area contributed by atoms with E-state index in [-0.39, 0.29) is 0 Å². The molecular formula is C12H15IO2. The molecule has 0 saturated heterocycles. The van der Waals surface area contributed by atoms with Crippen LogP contribution in [-0.2, 0) is 0 Å². The van der Waals surface area contributed by atoms with Gasteiger partial charge in [-0.1, -0.05) is 34.7 Å². The zero-order valence-electron chi connectivity index (χ0n) is 8.90. The predicted molar refractivity (Wildman–Crippen MR) is 71.3 cm³/mol. The monoisotopic (exact) mass is 318 g/mol. The molecule has 0 saturated carbocycles. The number of hydrogen-bond acceptors (Lipinski definition) is 2. The number of halogens is 1. The maximum absolute atomic E-state index is 9.48. The van der Waals surface area contributed by atoms with Crippen LogP contribution in [0.15, 0.2) is 28.3 Å². The van der Waals surface area contributed by atoms with Gasteiger partial charge < -0.3 is 9.84 Å². The number of ether oxygens (including phenoxy) is 1. The summed E-state index contributed by atoms with van der Waals surface area (Å²) < 4.78 is 7.39. The third-order valence-corrected chi connectivity index (χ3v) is 2.09. The van der Waals surface area contributed by atoms with E-state index < -0.39 is 5.60 Å². The molecular weight excluding hydrogens is 303 g/mol. The van der Waals surface area contributed by atoms with Crippen molar-refractivity contribution in [3.63, 3.8) is 0 Å². The van der Waals surface area contributed by atoms with E-state index in [1.54, 1.807) is 13.8 Å². The fourth-order valence-electron chi connectivity index (χ4n) is 1.01. The summed E-state index contributed by atoms with van der Waals surface area (Å²) in [6.45, 7) is 3.74. The zero-order valence-corrected chi connectivity index (χ0v) is 11.1. The Labute approximate surface area is 104 Å². The van der Waals surface area contributed by atoms with E-state index in [2.05, 4.69) is 22.6 Å². The molecule has 0 atom stereocenters. The highest BCUT2D eigenvalue weighted by molar-refractivity contribution is 14.1. The first-order valence-corrected chi connectivity index (χ1v) is 5.98. The second-order valence-corrected chi connectivity index (χ2v) is 4.68. The summed E-state index contributed by atoms with van der Waals surface area (Å²) in [5, 5.41) is 9.48. The smallest absolute Gasteiger partial charge is 0.119 e. The van der Waals surface area contributed by atoms with Gasteiger partial charge in [0.05, 0.1) is 5.60 Å². The van der Waals surface area contributed by atoms with Gasteiger partial charge in [-0.3, -0.25) is 0 Å². The van der Waals surface area contributed by atoms with E-state index in [4.69, 9.17) is 4.74 Å². The van der Waals surface area contributed by atoms with Gasteiger partial charge in [0.15, 0.2) is 0 Å². The van der Waals surface area contributed by atoms with Gasteiger partial charge in [0.25, 0.3) is 0 Å². The minimum Gasteiger partial charge on any atom is -0.491 e. The van der Waals surface area contributed by atoms with Crippen LogP contribution in [0, 0.1) is 0 Å².